The maximum Gasteiger partial charge on any atom is 0.305 e. The molecule has 9 heteroatoms. The Hall–Kier alpha value is -4.79. The molecular formula is C26H21FN4O4. The Morgan fingerprint density at radius 1 is 0.886 bits per heavy atom. The minimum atomic E-state index is -1.20. The number of carboxylic acid groups (broad SMARTS) is 1. The summed E-state index contributed by atoms with van der Waals surface area (Å²) in [4.78, 5) is 37.2. The number of hydrogen-bond acceptors (Lipinski definition) is 4. The first-order chi connectivity index (χ1) is 16.9. The van der Waals surface area contributed by atoms with E-state index in [2.05, 4.69) is 15.7 Å². The summed E-state index contributed by atoms with van der Waals surface area (Å²) < 4.78 is 15.7. The lowest BCUT2D eigenvalue weighted by atomic mass is 10.0. The smallest absolute Gasteiger partial charge is 0.305 e. The topological polar surface area (TPSA) is 113 Å². The number of carboxylic acids is 1. The van der Waals surface area contributed by atoms with Crippen LogP contribution < -0.4 is 10.6 Å². The molecule has 0 radical (unpaired) electrons. The van der Waals surface area contributed by atoms with Gasteiger partial charge in [0.1, 0.15) is 11.6 Å². The van der Waals surface area contributed by atoms with Crippen LogP contribution in [0.4, 0.5) is 10.2 Å². The van der Waals surface area contributed by atoms with Crippen LogP contribution in [0, 0.1) is 5.82 Å². The van der Waals surface area contributed by atoms with E-state index in [9.17, 15) is 23.9 Å². The predicted molar refractivity (Wildman–Crippen MR) is 127 cm³/mol. The number of nitrogens with zero attached hydrogens (tertiary/aromatic N) is 2. The normalized spacial score (nSPS) is 11.5. The van der Waals surface area contributed by atoms with Gasteiger partial charge < -0.3 is 15.7 Å². The van der Waals surface area contributed by atoms with Crippen LogP contribution in [0.1, 0.15) is 38.9 Å². The molecule has 176 valence electrons. The molecule has 1 atom stereocenters. The van der Waals surface area contributed by atoms with E-state index in [1.165, 1.54) is 28.9 Å². The molecule has 0 aliphatic carbocycles. The number of nitrogens with one attached hydrogen (secondary N) is 2. The highest BCUT2D eigenvalue weighted by atomic mass is 19.1. The molecule has 2 amide bonds. The summed E-state index contributed by atoms with van der Waals surface area (Å²) in [5, 5.41) is 18.9. The number of halogens is 1. The number of carbonyl (C=O) groups is 3. The van der Waals surface area contributed by atoms with E-state index in [0.717, 1.165) is 0 Å². The molecule has 1 aromatic heterocycles. The monoisotopic (exact) mass is 472 g/mol. The van der Waals surface area contributed by atoms with Gasteiger partial charge in [-0.25, -0.2) is 9.07 Å². The van der Waals surface area contributed by atoms with Crippen LogP contribution in [0.3, 0.4) is 0 Å². The van der Waals surface area contributed by atoms with Gasteiger partial charge in [0.2, 0.25) is 0 Å². The Labute approximate surface area is 200 Å². The number of hydrogen-bond donors (Lipinski definition) is 3. The summed E-state index contributed by atoms with van der Waals surface area (Å²) in [5.41, 5.74) is 0.971. The van der Waals surface area contributed by atoms with Crippen LogP contribution in [0.5, 0.6) is 0 Å². The maximum absolute atomic E-state index is 14.3. The molecule has 0 bridgehead atoms. The van der Waals surface area contributed by atoms with Crippen molar-refractivity contribution in [2.24, 2.45) is 0 Å². The summed E-state index contributed by atoms with van der Waals surface area (Å²) in [7, 11) is 0. The Bertz CT molecular complexity index is 1360. The fourth-order valence-electron chi connectivity index (χ4n) is 3.53. The van der Waals surface area contributed by atoms with Gasteiger partial charge in [-0.05, 0) is 30.3 Å². The molecule has 1 unspecified atom stereocenters. The molecule has 0 fully saturated rings. The largest absolute Gasteiger partial charge is 0.481 e. The van der Waals surface area contributed by atoms with Crippen LogP contribution in [0.2, 0.25) is 0 Å². The number of para-hydroxylation sites is 1. The molecule has 1 heterocycles. The number of benzene rings is 3. The lowest BCUT2D eigenvalue weighted by Crippen LogP contribution is -2.31. The van der Waals surface area contributed by atoms with Crippen molar-refractivity contribution in [2.75, 3.05) is 5.32 Å². The van der Waals surface area contributed by atoms with Crippen molar-refractivity contribution >= 4 is 23.6 Å². The van der Waals surface area contributed by atoms with Crippen molar-refractivity contribution in [3.05, 3.63) is 114 Å². The van der Waals surface area contributed by atoms with Crippen LogP contribution in [0.15, 0.2) is 91.0 Å². The fourth-order valence-corrected chi connectivity index (χ4v) is 3.53. The molecule has 0 saturated heterocycles. The second-order valence-electron chi connectivity index (χ2n) is 7.63. The number of aliphatic carboxylic acids is 1. The minimum absolute atomic E-state index is 0.0448. The highest BCUT2D eigenvalue weighted by Gasteiger charge is 2.24. The SMILES string of the molecule is O=C(O)CC(NC(=O)c1cc(NC(=O)c2ccccc2)n(-c2ccccc2)n1)c1ccccc1F. The van der Waals surface area contributed by atoms with E-state index in [-0.39, 0.29) is 17.1 Å². The van der Waals surface area contributed by atoms with Crippen molar-refractivity contribution in [2.45, 2.75) is 12.5 Å². The molecule has 4 rings (SSSR count). The Kier molecular flexibility index (Phi) is 6.96. The first-order valence-electron chi connectivity index (χ1n) is 10.7. The number of anilines is 1. The van der Waals surface area contributed by atoms with E-state index >= 15 is 0 Å². The van der Waals surface area contributed by atoms with Crippen molar-refractivity contribution in [1.29, 1.82) is 0 Å². The third-order valence-electron chi connectivity index (χ3n) is 5.19. The first kappa shape index (κ1) is 23.4. The van der Waals surface area contributed by atoms with Gasteiger partial charge in [0.15, 0.2) is 5.69 Å². The van der Waals surface area contributed by atoms with Crippen molar-refractivity contribution in [3.8, 4) is 5.69 Å². The van der Waals surface area contributed by atoms with Crippen LogP contribution in [-0.4, -0.2) is 32.7 Å². The van der Waals surface area contributed by atoms with E-state index in [0.29, 0.717) is 11.3 Å². The number of aromatic nitrogens is 2. The van der Waals surface area contributed by atoms with Gasteiger partial charge >= 0.3 is 5.97 Å². The fraction of sp³-hybridized carbons (Fsp3) is 0.0769. The van der Waals surface area contributed by atoms with Gasteiger partial charge in [-0.15, -0.1) is 0 Å². The van der Waals surface area contributed by atoms with E-state index in [4.69, 9.17) is 0 Å². The van der Waals surface area contributed by atoms with E-state index in [1.807, 2.05) is 6.07 Å². The average Bonchev–Trinajstić information content (AvgIpc) is 3.28. The standard InChI is InChI=1S/C26H21FN4O4/c27-20-14-8-7-13-19(20)21(16-24(32)33)28-26(35)22-15-23(29-25(34)17-9-3-1-4-10-17)31(30-22)18-11-5-2-6-12-18/h1-15,21H,16H2,(H,28,35)(H,29,34)(H,32,33). The number of amides is 2. The van der Waals surface area contributed by atoms with Gasteiger partial charge in [0, 0.05) is 17.2 Å². The Balaban J connectivity index is 1.66. The maximum atomic E-state index is 14.3. The van der Waals surface area contributed by atoms with Crippen molar-refractivity contribution in [3.63, 3.8) is 0 Å². The Morgan fingerprint density at radius 3 is 2.17 bits per heavy atom. The minimum Gasteiger partial charge on any atom is -0.481 e. The quantitative estimate of drug-likeness (QED) is 0.356. The van der Waals surface area contributed by atoms with Crippen LogP contribution in [0.25, 0.3) is 5.69 Å². The highest BCUT2D eigenvalue weighted by Crippen LogP contribution is 2.23. The summed E-state index contributed by atoms with van der Waals surface area (Å²) >= 11 is 0. The molecule has 8 nitrogen and oxygen atoms in total. The molecule has 0 spiro atoms. The van der Waals surface area contributed by atoms with Gasteiger partial charge in [-0.1, -0.05) is 54.6 Å². The van der Waals surface area contributed by atoms with E-state index < -0.39 is 36.1 Å². The lowest BCUT2D eigenvalue weighted by molar-refractivity contribution is -0.137. The van der Waals surface area contributed by atoms with Gasteiger partial charge in [-0.3, -0.25) is 14.4 Å². The molecule has 0 saturated carbocycles. The Morgan fingerprint density at radius 2 is 1.51 bits per heavy atom. The molecule has 35 heavy (non-hydrogen) atoms. The number of rotatable bonds is 8. The molecule has 0 aliphatic rings. The zero-order valence-electron chi connectivity index (χ0n) is 18.4. The summed E-state index contributed by atoms with van der Waals surface area (Å²) in [6, 6.07) is 23.3. The van der Waals surface area contributed by atoms with Crippen molar-refractivity contribution in [1.82, 2.24) is 15.1 Å². The summed E-state index contributed by atoms with van der Waals surface area (Å²) in [6.07, 6.45) is -0.524. The summed E-state index contributed by atoms with van der Waals surface area (Å²) in [5.74, 6) is -2.72. The lowest BCUT2D eigenvalue weighted by Gasteiger charge is -2.17. The zero-order chi connectivity index (χ0) is 24.8. The molecule has 3 aromatic carbocycles. The molecule has 4 aromatic rings. The third kappa shape index (κ3) is 5.59. The first-order valence-corrected chi connectivity index (χ1v) is 10.7. The highest BCUT2D eigenvalue weighted by molar-refractivity contribution is 6.04. The second-order valence-corrected chi connectivity index (χ2v) is 7.63. The van der Waals surface area contributed by atoms with E-state index in [1.54, 1.807) is 60.7 Å². The van der Waals surface area contributed by atoms with Gasteiger partial charge in [0.25, 0.3) is 11.8 Å². The third-order valence-corrected chi connectivity index (χ3v) is 5.19. The van der Waals surface area contributed by atoms with Crippen LogP contribution in [-0.2, 0) is 4.79 Å². The average molecular weight is 472 g/mol. The molecule has 3 N–H and O–H groups in total. The number of carbonyl (C=O) groups excluding carboxylic acids is 2. The second kappa shape index (κ2) is 10.4. The van der Waals surface area contributed by atoms with Crippen molar-refractivity contribution < 1.29 is 23.9 Å². The zero-order valence-corrected chi connectivity index (χ0v) is 18.4. The molecular weight excluding hydrogens is 451 g/mol. The van der Waals surface area contributed by atoms with Gasteiger partial charge in [0.05, 0.1) is 18.2 Å². The van der Waals surface area contributed by atoms with Gasteiger partial charge in [-0.2, -0.15) is 5.10 Å². The summed E-state index contributed by atoms with van der Waals surface area (Å²) in [6.45, 7) is 0. The van der Waals surface area contributed by atoms with Crippen LogP contribution >= 0.6 is 0 Å². The molecule has 0 aliphatic heterocycles. The predicted octanol–water partition coefficient (Wildman–Crippen LogP) is 4.21.